The van der Waals surface area contributed by atoms with Gasteiger partial charge in [0.25, 0.3) is 0 Å². The molecule has 0 saturated carbocycles. The number of hydrogen-bond acceptors (Lipinski definition) is 5. The molecule has 146 valence electrons. The Morgan fingerprint density at radius 3 is 2.29 bits per heavy atom. The van der Waals surface area contributed by atoms with Crippen LogP contribution in [0.3, 0.4) is 0 Å². The van der Waals surface area contributed by atoms with Crippen LogP contribution in [0.2, 0.25) is 5.02 Å². The maximum Gasteiger partial charge on any atom is 0.243 e. The predicted molar refractivity (Wildman–Crippen MR) is 108 cm³/mol. The van der Waals surface area contributed by atoms with E-state index >= 15 is 0 Å². The van der Waals surface area contributed by atoms with Gasteiger partial charge in [-0.05, 0) is 42.5 Å². The molecule has 3 rings (SSSR count). The lowest BCUT2D eigenvalue weighted by Gasteiger charge is -2.35. The van der Waals surface area contributed by atoms with Crippen LogP contribution >= 0.6 is 11.6 Å². The molecule has 0 spiro atoms. The summed E-state index contributed by atoms with van der Waals surface area (Å²) in [5.41, 5.74) is 1.92. The van der Waals surface area contributed by atoms with Gasteiger partial charge in [0.1, 0.15) is 0 Å². The molecule has 7 nitrogen and oxygen atoms in total. The van der Waals surface area contributed by atoms with E-state index in [0.717, 1.165) is 5.69 Å². The zero-order valence-corrected chi connectivity index (χ0v) is 16.8. The van der Waals surface area contributed by atoms with Crippen LogP contribution in [0.25, 0.3) is 0 Å². The van der Waals surface area contributed by atoms with Gasteiger partial charge in [0, 0.05) is 38.8 Å². The Hall–Kier alpha value is -2.60. The predicted octanol–water partition coefficient (Wildman–Crippen LogP) is 2.68. The minimum Gasteiger partial charge on any atom is -0.369 e. The normalized spacial score (nSPS) is 15.1. The summed E-state index contributed by atoms with van der Waals surface area (Å²) in [4.78, 5) is 13.3. The molecule has 0 aliphatic carbocycles. The number of benzene rings is 2. The first-order chi connectivity index (χ1) is 13.3. The summed E-state index contributed by atoms with van der Waals surface area (Å²) in [5, 5.41) is 11.6. The van der Waals surface area contributed by atoms with Crippen molar-refractivity contribution >= 4 is 38.9 Å². The fourth-order valence-corrected chi connectivity index (χ4v) is 4.77. The monoisotopic (exact) mass is 418 g/mol. The molecule has 1 heterocycles. The summed E-state index contributed by atoms with van der Waals surface area (Å²) in [5.74, 6) is -0.281. The molecule has 1 fully saturated rings. The largest absolute Gasteiger partial charge is 0.369 e. The first-order valence-electron chi connectivity index (χ1n) is 8.63. The molecular formula is C19H19ClN4O3S. The van der Waals surface area contributed by atoms with E-state index in [4.69, 9.17) is 16.9 Å². The van der Waals surface area contributed by atoms with Gasteiger partial charge in [0.2, 0.25) is 15.9 Å². The number of carbonyl (C=O) groups is 1. The van der Waals surface area contributed by atoms with Crippen LogP contribution < -0.4 is 10.2 Å². The van der Waals surface area contributed by atoms with Crippen LogP contribution in [0, 0.1) is 11.3 Å². The molecule has 28 heavy (non-hydrogen) atoms. The van der Waals surface area contributed by atoms with Crippen LogP contribution in [-0.2, 0) is 14.8 Å². The Kier molecular flexibility index (Phi) is 5.89. The van der Waals surface area contributed by atoms with Gasteiger partial charge in [0.15, 0.2) is 0 Å². The Labute approximate surface area is 169 Å². The van der Waals surface area contributed by atoms with Crippen molar-refractivity contribution in [3.05, 3.63) is 53.1 Å². The molecule has 0 unspecified atom stereocenters. The molecule has 2 aromatic carbocycles. The minimum absolute atomic E-state index is 0.0958. The molecule has 1 N–H and O–H groups in total. The van der Waals surface area contributed by atoms with Gasteiger partial charge in [-0.3, -0.25) is 4.79 Å². The highest BCUT2D eigenvalue weighted by molar-refractivity contribution is 7.89. The van der Waals surface area contributed by atoms with Gasteiger partial charge in [-0.25, -0.2) is 8.42 Å². The summed E-state index contributed by atoms with van der Waals surface area (Å²) in [7, 11) is -3.68. The van der Waals surface area contributed by atoms with Crippen LogP contribution in [0.5, 0.6) is 0 Å². The average molecular weight is 419 g/mol. The molecule has 9 heteroatoms. The van der Waals surface area contributed by atoms with E-state index < -0.39 is 10.0 Å². The third-order valence-electron chi connectivity index (χ3n) is 4.49. The van der Waals surface area contributed by atoms with E-state index in [1.165, 1.54) is 29.4 Å². The third kappa shape index (κ3) is 4.28. The third-order valence-corrected chi connectivity index (χ3v) is 6.70. The van der Waals surface area contributed by atoms with Crippen LogP contribution in [0.1, 0.15) is 12.5 Å². The van der Waals surface area contributed by atoms with E-state index in [1.807, 2.05) is 12.1 Å². The molecule has 2 aromatic rings. The minimum atomic E-state index is -3.68. The highest BCUT2D eigenvalue weighted by Gasteiger charge is 2.29. The summed E-state index contributed by atoms with van der Waals surface area (Å²) in [6.45, 7) is 3.13. The lowest BCUT2D eigenvalue weighted by Crippen LogP contribution is -2.48. The standard InChI is InChI=1S/C19H19ClN4O3S/c1-14(25)22-19-7-6-17(12-18(19)20)28(26,27)24-10-8-23(9-11-24)16-4-2-15(13-21)3-5-16/h2-7,12H,8-11H2,1H3,(H,22,25). The molecule has 0 bridgehead atoms. The average Bonchev–Trinajstić information content (AvgIpc) is 2.69. The molecule has 0 radical (unpaired) electrons. The number of nitrogens with zero attached hydrogens (tertiary/aromatic N) is 3. The Balaban J connectivity index is 1.71. The van der Waals surface area contributed by atoms with E-state index in [-0.39, 0.29) is 15.8 Å². The van der Waals surface area contributed by atoms with E-state index in [9.17, 15) is 13.2 Å². The first-order valence-corrected chi connectivity index (χ1v) is 10.5. The second-order valence-electron chi connectivity index (χ2n) is 6.37. The van der Waals surface area contributed by atoms with Crippen LogP contribution in [0.4, 0.5) is 11.4 Å². The van der Waals surface area contributed by atoms with Crippen molar-refractivity contribution < 1.29 is 13.2 Å². The molecular weight excluding hydrogens is 400 g/mol. The van der Waals surface area contributed by atoms with Crippen molar-refractivity contribution in [3.63, 3.8) is 0 Å². The summed E-state index contributed by atoms with van der Waals surface area (Å²) in [6, 6.07) is 13.6. The zero-order chi connectivity index (χ0) is 20.3. The quantitative estimate of drug-likeness (QED) is 0.823. The maximum absolute atomic E-state index is 12.9. The van der Waals surface area contributed by atoms with Crippen molar-refractivity contribution in [2.24, 2.45) is 0 Å². The summed E-state index contributed by atoms with van der Waals surface area (Å²) in [6.07, 6.45) is 0. The van der Waals surface area contributed by atoms with Gasteiger partial charge < -0.3 is 10.2 Å². The maximum atomic E-state index is 12.9. The second kappa shape index (κ2) is 8.19. The number of sulfonamides is 1. The summed E-state index contributed by atoms with van der Waals surface area (Å²) >= 11 is 6.12. The van der Waals surface area contributed by atoms with Gasteiger partial charge in [-0.15, -0.1) is 0 Å². The van der Waals surface area contributed by atoms with Crippen LogP contribution in [0.15, 0.2) is 47.4 Å². The highest BCUT2D eigenvalue weighted by Crippen LogP contribution is 2.28. The van der Waals surface area contributed by atoms with Gasteiger partial charge >= 0.3 is 0 Å². The second-order valence-corrected chi connectivity index (χ2v) is 8.72. The van der Waals surface area contributed by atoms with Crippen molar-refractivity contribution in [2.75, 3.05) is 36.4 Å². The lowest BCUT2D eigenvalue weighted by molar-refractivity contribution is -0.114. The number of halogens is 1. The number of anilines is 2. The van der Waals surface area contributed by atoms with E-state index in [1.54, 1.807) is 12.1 Å². The number of rotatable bonds is 4. The molecule has 1 aliphatic heterocycles. The number of amides is 1. The topological polar surface area (TPSA) is 93.5 Å². The Bertz CT molecular complexity index is 1020. The first kappa shape index (κ1) is 20.1. The molecule has 1 aliphatic rings. The number of hydrogen-bond donors (Lipinski definition) is 1. The van der Waals surface area contributed by atoms with Crippen molar-refractivity contribution in [1.82, 2.24) is 4.31 Å². The number of nitriles is 1. The molecule has 0 atom stereocenters. The Morgan fingerprint density at radius 1 is 1.11 bits per heavy atom. The number of nitrogens with one attached hydrogen (secondary N) is 1. The fourth-order valence-electron chi connectivity index (χ4n) is 3.03. The molecule has 1 saturated heterocycles. The SMILES string of the molecule is CC(=O)Nc1ccc(S(=O)(=O)N2CCN(c3ccc(C#N)cc3)CC2)cc1Cl. The van der Waals surface area contributed by atoms with E-state index in [2.05, 4.69) is 16.3 Å². The van der Waals surface area contributed by atoms with Crippen molar-refractivity contribution in [2.45, 2.75) is 11.8 Å². The zero-order valence-electron chi connectivity index (χ0n) is 15.2. The van der Waals surface area contributed by atoms with Gasteiger partial charge in [0.05, 0.1) is 27.2 Å². The highest BCUT2D eigenvalue weighted by atomic mass is 35.5. The fraction of sp³-hybridized carbons (Fsp3) is 0.263. The van der Waals surface area contributed by atoms with Gasteiger partial charge in [-0.2, -0.15) is 9.57 Å². The van der Waals surface area contributed by atoms with E-state index in [0.29, 0.717) is 37.4 Å². The van der Waals surface area contributed by atoms with Gasteiger partial charge in [-0.1, -0.05) is 11.6 Å². The number of carbonyl (C=O) groups excluding carboxylic acids is 1. The smallest absolute Gasteiger partial charge is 0.243 e. The van der Waals surface area contributed by atoms with Crippen LogP contribution in [-0.4, -0.2) is 44.8 Å². The molecule has 1 amide bonds. The summed E-state index contributed by atoms with van der Waals surface area (Å²) < 4.78 is 27.3. The van der Waals surface area contributed by atoms with Crippen molar-refractivity contribution in [1.29, 1.82) is 5.26 Å². The number of piperazine rings is 1. The van der Waals surface area contributed by atoms with Crippen molar-refractivity contribution in [3.8, 4) is 6.07 Å². The lowest BCUT2D eigenvalue weighted by atomic mass is 10.2. The Morgan fingerprint density at radius 2 is 1.75 bits per heavy atom. The molecule has 0 aromatic heterocycles.